The number of halogens is 1. The Morgan fingerprint density at radius 2 is 1.82 bits per heavy atom. The van der Waals surface area contributed by atoms with E-state index in [4.69, 9.17) is 9.72 Å². The van der Waals surface area contributed by atoms with E-state index in [1.165, 1.54) is 6.07 Å². The molecule has 28 heavy (non-hydrogen) atoms. The molecule has 1 aromatic heterocycles. The number of methoxy groups -OCH3 is 1. The molecule has 0 radical (unpaired) electrons. The average Bonchev–Trinajstić information content (AvgIpc) is 3.12. The molecule has 2 heterocycles. The van der Waals surface area contributed by atoms with Gasteiger partial charge in [-0.2, -0.15) is 0 Å². The van der Waals surface area contributed by atoms with E-state index < -0.39 is 0 Å². The number of ether oxygens (including phenoxy) is 1. The van der Waals surface area contributed by atoms with Gasteiger partial charge in [-0.05, 0) is 36.4 Å². The average molecular weight is 371 g/mol. The Morgan fingerprint density at radius 1 is 1.00 bits per heavy atom. The quantitative estimate of drug-likeness (QED) is 0.535. The van der Waals surface area contributed by atoms with Crippen LogP contribution in [0.2, 0.25) is 0 Å². The summed E-state index contributed by atoms with van der Waals surface area (Å²) in [6.07, 6.45) is 2.04. The van der Waals surface area contributed by atoms with Crippen molar-refractivity contribution in [2.24, 2.45) is 0 Å². The van der Waals surface area contributed by atoms with Gasteiger partial charge in [0.05, 0.1) is 24.2 Å². The largest absolute Gasteiger partial charge is 0.497 e. The van der Waals surface area contributed by atoms with E-state index in [2.05, 4.69) is 5.32 Å². The van der Waals surface area contributed by atoms with Gasteiger partial charge in [0, 0.05) is 16.8 Å². The number of benzene rings is 3. The van der Waals surface area contributed by atoms with Gasteiger partial charge in [-0.15, -0.1) is 0 Å². The number of rotatable bonds is 3. The molecule has 0 amide bonds. The summed E-state index contributed by atoms with van der Waals surface area (Å²) in [4.78, 5) is 4.73. The van der Waals surface area contributed by atoms with Crippen LogP contribution in [0.15, 0.2) is 78.9 Å². The highest BCUT2D eigenvalue weighted by atomic mass is 19.1. The first-order chi connectivity index (χ1) is 13.7. The number of fused-ring (bicyclic) bond motifs is 3. The Morgan fingerprint density at radius 3 is 2.68 bits per heavy atom. The van der Waals surface area contributed by atoms with Gasteiger partial charge >= 0.3 is 0 Å². The van der Waals surface area contributed by atoms with Crippen molar-refractivity contribution in [3.63, 3.8) is 0 Å². The molecule has 0 bridgehead atoms. The third kappa shape index (κ3) is 2.63. The van der Waals surface area contributed by atoms with E-state index in [1.807, 2.05) is 71.3 Å². The zero-order valence-corrected chi connectivity index (χ0v) is 15.3. The van der Waals surface area contributed by atoms with Crippen LogP contribution in [0.25, 0.3) is 16.7 Å². The minimum Gasteiger partial charge on any atom is -0.497 e. The molecule has 0 saturated carbocycles. The van der Waals surface area contributed by atoms with E-state index in [9.17, 15) is 4.39 Å². The zero-order chi connectivity index (χ0) is 19.1. The van der Waals surface area contributed by atoms with E-state index in [0.717, 1.165) is 28.0 Å². The van der Waals surface area contributed by atoms with Gasteiger partial charge in [-0.3, -0.25) is 4.57 Å². The number of allylic oxidation sites excluding steroid dienone is 1. The van der Waals surface area contributed by atoms with Crippen LogP contribution in [0.4, 0.5) is 10.3 Å². The SMILES string of the molecule is COc1cccc(C2=CC(c3ccccc3F)n3c(nc4ccccc43)N2)c1. The fourth-order valence-electron chi connectivity index (χ4n) is 3.71. The summed E-state index contributed by atoms with van der Waals surface area (Å²) in [5, 5.41) is 3.41. The first-order valence-corrected chi connectivity index (χ1v) is 9.09. The maximum atomic E-state index is 14.7. The second kappa shape index (κ2) is 6.53. The summed E-state index contributed by atoms with van der Waals surface area (Å²) in [6, 6.07) is 22.3. The van der Waals surface area contributed by atoms with Crippen molar-refractivity contribution in [3.8, 4) is 5.75 Å². The van der Waals surface area contributed by atoms with Crippen LogP contribution >= 0.6 is 0 Å². The van der Waals surface area contributed by atoms with Crippen molar-refractivity contribution in [1.82, 2.24) is 9.55 Å². The standard InChI is InChI=1S/C23H18FN3O/c1-28-16-8-6-7-15(13-16)20-14-22(17-9-2-3-10-18(17)24)27-21-12-5-4-11-19(21)25-23(27)26-20/h2-14,22H,1H3,(H,25,26). The second-order valence-corrected chi connectivity index (χ2v) is 6.70. The van der Waals surface area contributed by atoms with Crippen LogP contribution < -0.4 is 10.1 Å². The molecule has 4 nitrogen and oxygen atoms in total. The Kier molecular flexibility index (Phi) is 3.86. The lowest BCUT2D eigenvalue weighted by Gasteiger charge is -2.27. The molecule has 1 aliphatic heterocycles. The van der Waals surface area contributed by atoms with Gasteiger partial charge in [0.1, 0.15) is 11.6 Å². The summed E-state index contributed by atoms with van der Waals surface area (Å²) in [7, 11) is 1.64. The first kappa shape index (κ1) is 16.6. The second-order valence-electron chi connectivity index (χ2n) is 6.70. The van der Waals surface area contributed by atoms with Gasteiger partial charge in [0.25, 0.3) is 0 Å². The maximum absolute atomic E-state index is 14.7. The minimum absolute atomic E-state index is 0.237. The van der Waals surface area contributed by atoms with Crippen LogP contribution in [0.1, 0.15) is 17.2 Å². The Bertz CT molecular complexity index is 1210. The highest BCUT2D eigenvalue weighted by molar-refractivity contribution is 5.85. The summed E-state index contributed by atoms with van der Waals surface area (Å²) in [5.74, 6) is 1.22. The number of para-hydroxylation sites is 2. The first-order valence-electron chi connectivity index (χ1n) is 9.09. The Labute approximate surface area is 161 Å². The third-order valence-electron chi connectivity index (χ3n) is 5.05. The van der Waals surface area contributed by atoms with Crippen LogP contribution in [0.3, 0.4) is 0 Å². The molecule has 5 rings (SSSR count). The van der Waals surface area contributed by atoms with E-state index >= 15 is 0 Å². The Hall–Kier alpha value is -3.60. The molecule has 0 aliphatic carbocycles. The number of aromatic nitrogens is 2. The van der Waals surface area contributed by atoms with Crippen molar-refractivity contribution in [2.45, 2.75) is 6.04 Å². The molecule has 4 aromatic rings. The normalized spacial score (nSPS) is 15.6. The van der Waals surface area contributed by atoms with Crippen LogP contribution in [0, 0.1) is 5.82 Å². The third-order valence-corrected chi connectivity index (χ3v) is 5.05. The maximum Gasteiger partial charge on any atom is 0.209 e. The van der Waals surface area contributed by atoms with Crippen LogP contribution in [-0.4, -0.2) is 16.7 Å². The monoisotopic (exact) mass is 371 g/mol. The van der Waals surface area contributed by atoms with Gasteiger partial charge in [-0.1, -0.05) is 42.5 Å². The van der Waals surface area contributed by atoms with Gasteiger partial charge in [0.2, 0.25) is 5.95 Å². The fraction of sp³-hybridized carbons (Fsp3) is 0.0870. The number of nitrogens with one attached hydrogen (secondary N) is 1. The molecule has 1 aliphatic rings. The van der Waals surface area contributed by atoms with Crippen molar-refractivity contribution < 1.29 is 9.13 Å². The predicted molar refractivity (Wildman–Crippen MR) is 109 cm³/mol. The van der Waals surface area contributed by atoms with Crippen LogP contribution in [-0.2, 0) is 0 Å². The molecule has 0 spiro atoms. The topological polar surface area (TPSA) is 39.1 Å². The molecule has 1 N–H and O–H groups in total. The molecule has 3 aromatic carbocycles. The zero-order valence-electron chi connectivity index (χ0n) is 15.3. The van der Waals surface area contributed by atoms with E-state index in [-0.39, 0.29) is 11.9 Å². The van der Waals surface area contributed by atoms with Crippen molar-refractivity contribution >= 4 is 22.7 Å². The predicted octanol–water partition coefficient (Wildman–Crippen LogP) is 5.24. The van der Waals surface area contributed by atoms with Crippen molar-refractivity contribution in [2.75, 3.05) is 12.4 Å². The molecule has 0 fully saturated rings. The van der Waals surface area contributed by atoms with Gasteiger partial charge in [-0.25, -0.2) is 9.37 Å². The molecular weight excluding hydrogens is 353 g/mol. The number of anilines is 1. The molecular formula is C23H18FN3O. The number of hydrogen-bond donors (Lipinski definition) is 1. The summed E-state index contributed by atoms with van der Waals surface area (Å²) in [6.45, 7) is 0. The van der Waals surface area contributed by atoms with E-state index in [0.29, 0.717) is 11.5 Å². The van der Waals surface area contributed by atoms with Gasteiger partial charge < -0.3 is 10.1 Å². The molecule has 5 heteroatoms. The summed E-state index contributed by atoms with van der Waals surface area (Å²) >= 11 is 0. The number of imidazole rings is 1. The minimum atomic E-state index is -0.314. The lowest BCUT2D eigenvalue weighted by Crippen LogP contribution is -2.20. The lowest BCUT2D eigenvalue weighted by molar-refractivity contribution is 0.414. The smallest absolute Gasteiger partial charge is 0.209 e. The van der Waals surface area contributed by atoms with Crippen molar-refractivity contribution in [1.29, 1.82) is 0 Å². The molecule has 1 unspecified atom stereocenters. The molecule has 138 valence electrons. The number of hydrogen-bond acceptors (Lipinski definition) is 3. The summed E-state index contributed by atoms with van der Waals surface area (Å²) in [5.41, 5.74) is 4.26. The van der Waals surface area contributed by atoms with Crippen LogP contribution in [0.5, 0.6) is 5.75 Å². The lowest BCUT2D eigenvalue weighted by atomic mass is 10.0. The fourth-order valence-corrected chi connectivity index (χ4v) is 3.71. The summed E-state index contributed by atoms with van der Waals surface area (Å²) < 4.78 is 22.1. The van der Waals surface area contributed by atoms with E-state index in [1.54, 1.807) is 13.2 Å². The Balaban J connectivity index is 1.73. The van der Waals surface area contributed by atoms with Gasteiger partial charge in [0.15, 0.2) is 0 Å². The molecule has 1 atom stereocenters. The number of nitrogens with zero attached hydrogens (tertiary/aromatic N) is 2. The highest BCUT2D eigenvalue weighted by Gasteiger charge is 2.27. The van der Waals surface area contributed by atoms with Crippen molar-refractivity contribution in [3.05, 3.63) is 95.8 Å². The molecule has 0 saturated heterocycles. The highest BCUT2D eigenvalue weighted by Crippen LogP contribution is 2.37.